The van der Waals surface area contributed by atoms with E-state index in [4.69, 9.17) is 0 Å². The van der Waals surface area contributed by atoms with Crippen molar-refractivity contribution in [3.05, 3.63) is 48.0 Å². The Bertz CT molecular complexity index is 593. The molecule has 1 aliphatic heterocycles. The third-order valence-corrected chi connectivity index (χ3v) is 4.03. The molecule has 3 rings (SSSR count). The van der Waals surface area contributed by atoms with Gasteiger partial charge in [0.25, 0.3) is 0 Å². The minimum Gasteiger partial charge on any atom is -0.355 e. The fourth-order valence-electron chi connectivity index (χ4n) is 2.67. The molecule has 18 heavy (non-hydrogen) atoms. The summed E-state index contributed by atoms with van der Waals surface area (Å²) < 4.78 is 0. The van der Waals surface area contributed by atoms with E-state index in [9.17, 15) is 4.79 Å². The molecule has 1 unspecified atom stereocenters. The quantitative estimate of drug-likeness (QED) is 0.814. The maximum Gasteiger partial charge on any atom is 0.220 e. The topological polar surface area (TPSA) is 29.1 Å². The number of rotatable bonds is 1. The number of carbonyl (C=O) groups excluding carboxylic acids is 1. The fraction of sp³-hybridized carbons (Fsp3) is 0.312. The van der Waals surface area contributed by atoms with E-state index in [0.29, 0.717) is 6.42 Å². The van der Waals surface area contributed by atoms with Gasteiger partial charge >= 0.3 is 0 Å². The number of carbonyl (C=O) groups is 1. The molecule has 2 heteroatoms. The average Bonchev–Trinajstić information content (AvgIpc) is 2.42. The average molecular weight is 239 g/mol. The molecule has 0 bridgehead atoms. The van der Waals surface area contributed by atoms with Crippen molar-refractivity contribution in [2.75, 3.05) is 6.54 Å². The Morgan fingerprint density at radius 3 is 2.61 bits per heavy atom. The molecule has 1 heterocycles. The minimum atomic E-state index is 0.0674. The maximum atomic E-state index is 11.3. The Kier molecular flexibility index (Phi) is 2.58. The van der Waals surface area contributed by atoms with Crippen LogP contribution in [0.25, 0.3) is 10.8 Å². The van der Waals surface area contributed by atoms with Crippen LogP contribution in [0.15, 0.2) is 42.5 Å². The second kappa shape index (κ2) is 4.13. The first-order chi connectivity index (χ1) is 8.67. The SMILES string of the molecule is CC1(c2ccc3ccccc3c2)CCC(=O)NC1. The summed E-state index contributed by atoms with van der Waals surface area (Å²) in [7, 11) is 0. The van der Waals surface area contributed by atoms with Crippen LogP contribution in [-0.2, 0) is 10.2 Å². The summed E-state index contributed by atoms with van der Waals surface area (Å²) in [4.78, 5) is 11.3. The molecule has 92 valence electrons. The molecule has 1 aliphatic rings. The molecule has 2 aromatic carbocycles. The molecule has 1 N–H and O–H groups in total. The largest absolute Gasteiger partial charge is 0.355 e. The van der Waals surface area contributed by atoms with E-state index in [1.54, 1.807) is 0 Å². The number of benzene rings is 2. The maximum absolute atomic E-state index is 11.3. The summed E-state index contributed by atoms with van der Waals surface area (Å²) in [6, 6.07) is 15.0. The van der Waals surface area contributed by atoms with E-state index < -0.39 is 0 Å². The first-order valence-electron chi connectivity index (χ1n) is 6.43. The van der Waals surface area contributed by atoms with Crippen LogP contribution in [0, 0.1) is 0 Å². The lowest BCUT2D eigenvalue weighted by molar-refractivity contribution is -0.123. The molecular weight excluding hydrogens is 222 g/mol. The Morgan fingerprint density at radius 2 is 1.89 bits per heavy atom. The van der Waals surface area contributed by atoms with Gasteiger partial charge in [-0.2, -0.15) is 0 Å². The summed E-state index contributed by atoms with van der Waals surface area (Å²) in [6.07, 6.45) is 1.56. The third-order valence-electron chi connectivity index (χ3n) is 4.03. The van der Waals surface area contributed by atoms with Gasteiger partial charge in [0.05, 0.1) is 0 Å². The van der Waals surface area contributed by atoms with Crippen molar-refractivity contribution in [3.8, 4) is 0 Å². The second-order valence-electron chi connectivity index (χ2n) is 5.40. The van der Waals surface area contributed by atoms with Crippen LogP contribution in [-0.4, -0.2) is 12.5 Å². The van der Waals surface area contributed by atoms with Gasteiger partial charge in [-0.3, -0.25) is 4.79 Å². The Hall–Kier alpha value is -1.83. The van der Waals surface area contributed by atoms with Gasteiger partial charge in [0.15, 0.2) is 0 Å². The van der Waals surface area contributed by atoms with Crippen molar-refractivity contribution >= 4 is 16.7 Å². The van der Waals surface area contributed by atoms with E-state index in [1.807, 2.05) is 0 Å². The van der Waals surface area contributed by atoms with Crippen molar-refractivity contribution in [1.82, 2.24) is 5.32 Å². The van der Waals surface area contributed by atoms with Crippen LogP contribution in [0.2, 0.25) is 0 Å². The highest BCUT2D eigenvalue weighted by Gasteiger charge is 2.31. The van der Waals surface area contributed by atoms with Gasteiger partial charge in [0.2, 0.25) is 5.91 Å². The zero-order valence-corrected chi connectivity index (χ0v) is 10.6. The minimum absolute atomic E-state index is 0.0674. The molecule has 1 amide bonds. The monoisotopic (exact) mass is 239 g/mol. The highest BCUT2D eigenvalue weighted by molar-refractivity contribution is 5.83. The van der Waals surface area contributed by atoms with E-state index in [1.165, 1.54) is 16.3 Å². The molecule has 1 fully saturated rings. The van der Waals surface area contributed by atoms with Gasteiger partial charge in [0.1, 0.15) is 0 Å². The van der Waals surface area contributed by atoms with Crippen LogP contribution in [0.3, 0.4) is 0 Å². The highest BCUT2D eigenvalue weighted by Crippen LogP contribution is 2.32. The normalized spacial score (nSPS) is 23.9. The molecule has 0 aliphatic carbocycles. The van der Waals surface area contributed by atoms with Crippen molar-refractivity contribution in [2.45, 2.75) is 25.2 Å². The van der Waals surface area contributed by atoms with Crippen LogP contribution in [0.4, 0.5) is 0 Å². The van der Waals surface area contributed by atoms with Crippen molar-refractivity contribution in [3.63, 3.8) is 0 Å². The lowest BCUT2D eigenvalue weighted by Crippen LogP contribution is -2.44. The zero-order chi connectivity index (χ0) is 12.6. The smallest absolute Gasteiger partial charge is 0.220 e. The number of hydrogen-bond acceptors (Lipinski definition) is 1. The van der Waals surface area contributed by atoms with Crippen LogP contribution in [0.5, 0.6) is 0 Å². The zero-order valence-electron chi connectivity index (χ0n) is 10.6. The predicted molar refractivity (Wildman–Crippen MR) is 73.5 cm³/mol. The molecule has 0 saturated carbocycles. The first kappa shape index (κ1) is 11.3. The van der Waals surface area contributed by atoms with E-state index in [-0.39, 0.29) is 11.3 Å². The molecule has 0 spiro atoms. The highest BCUT2D eigenvalue weighted by atomic mass is 16.1. The summed E-state index contributed by atoms with van der Waals surface area (Å²) in [6.45, 7) is 2.97. The van der Waals surface area contributed by atoms with Gasteiger partial charge in [-0.15, -0.1) is 0 Å². The van der Waals surface area contributed by atoms with Crippen molar-refractivity contribution < 1.29 is 4.79 Å². The van der Waals surface area contributed by atoms with E-state index in [2.05, 4.69) is 54.7 Å². The molecule has 1 atom stereocenters. The predicted octanol–water partition coefficient (Wildman–Crippen LogP) is 3.01. The van der Waals surface area contributed by atoms with Crippen molar-refractivity contribution in [1.29, 1.82) is 0 Å². The van der Waals surface area contributed by atoms with E-state index in [0.717, 1.165) is 13.0 Å². The molecule has 0 radical (unpaired) electrons. The molecule has 2 nitrogen and oxygen atoms in total. The standard InChI is InChI=1S/C16H17NO/c1-16(9-8-15(18)17-11-16)14-7-6-12-4-2-3-5-13(12)10-14/h2-7,10H,8-9,11H2,1H3,(H,17,18). The van der Waals surface area contributed by atoms with Gasteiger partial charge in [-0.25, -0.2) is 0 Å². The number of nitrogens with one attached hydrogen (secondary N) is 1. The third kappa shape index (κ3) is 1.88. The Morgan fingerprint density at radius 1 is 1.11 bits per heavy atom. The number of fused-ring (bicyclic) bond motifs is 1. The number of piperidine rings is 1. The number of amides is 1. The first-order valence-corrected chi connectivity index (χ1v) is 6.43. The van der Waals surface area contributed by atoms with Crippen molar-refractivity contribution in [2.24, 2.45) is 0 Å². The summed E-state index contributed by atoms with van der Waals surface area (Å²) in [5.74, 6) is 0.174. The molecular formula is C16H17NO. The molecule has 1 saturated heterocycles. The molecule has 0 aromatic heterocycles. The second-order valence-corrected chi connectivity index (χ2v) is 5.40. The lowest BCUT2D eigenvalue weighted by Gasteiger charge is -2.34. The van der Waals surface area contributed by atoms with Crippen LogP contribution < -0.4 is 5.32 Å². The van der Waals surface area contributed by atoms with Gasteiger partial charge in [-0.1, -0.05) is 49.4 Å². The van der Waals surface area contributed by atoms with Crippen LogP contribution in [0.1, 0.15) is 25.3 Å². The molecule has 2 aromatic rings. The Labute approximate surface area is 107 Å². The van der Waals surface area contributed by atoms with Crippen LogP contribution >= 0.6 is 0 Å². The Balaban J connectivity index is 2.01. The number of hydrogen-bond donors (Lipinski definition) is 1. The fourth-order valence-corrected chi connectivity index (χ4v) is 2.67. The lowest BCUT2D eigenvalue weighted by atomic mass is 9.76. The van der Waals surface area contributed by atoms with E-state index >= 15 is 0 Å². The van der Waals surface area contributed by atoms with Gasteiger partial charge < -0.3 is 5.32 Å². The summed E-state index contributed by atoms with van der Waals surface area (Å²) in [5, 5.41) is 5.52. The van der Waals surface area contributed by atoms with Gasteiger partial charge in [-0.05, 0) is 22.8 Å². The van der Waals surface area contributed by atoms with Gasteiger partial charge in [0, 0.05) is 18.4 Å². The summed E-state index contributed by atoms with van der Waals surface area (Å²) in [5.41, 5.74) is 1.39. The summed E-state index contributed by atoms with van der Waals surface area (Å²) >= 11 is 0.